The fourth-order valence-electron chi connectivity index (χ4n) is 1.35. The molecule has 20 heavy (non-hydrogen) atoms. The second kappa shape index (κ2) is 6.96. The second-order valence-corrected chi connectivity index (χ2v) is 5.59. The first-order valence-corrected chi connectivity index (χ1v) is 7.33. The molecule has 0 aliphatic carbocycles. The highest BCUT2D eigenvalue weighted by Gasteiger charge is 2.49. The van der Waals surface area contributed by atoms with Crippen molar-refractivity contribution < 1.29 is 27.8 Å². The van der Waals surface area contributed by atoms with E-state index < -0.39 is 18.3 Å². The fourth-order valence-corrected chi connectivity index (χ4v) is 2.23. The Bertz CT molecular complexity index is 464. The Hall–Kier alpha value is -1.25. The van der Waals surface area contributed by atoms with Gasteiger partial charge in [-0.2, -0.15) is 0 Å². The smallest absolute Gasteiger partial charge is 0.468 e. The first-order valence-electron chi connectivity index (χ1n) is 5.84. The highest BCUT2D eigenvalue weighted by Crippen LogP contribution is 2.48. The molecular formula is C10H17N2O7P. The summed E-state index contributed by atoms with van der Waals surface area (Å²) in [6.07, 6.45) is 1.81. The van der Waals surface area contributed by atoms with Gasteiger partial charge in [-0.1, -0.05) is 6.92 Å². The Labute approximate surface area is 115 Å². The number of nitro groups is 1. The molecule has 0 saturated carbocycles. The van der Waals surface area contributed by atoms with Crippen LogP contribution in [0.4, 0.5) is 0 Å². The lowest BCUT2D eigenvalue weighted by molar-refractivity contribution is -0.579. The number of hydrogen-bond acceptors (Lipinski definition) is 7. The minimum atomic E-state index is -4.02. The number of nitrogens with zero attached hydrogens (tertiary/aromatic N) is 1. The van der Waals surface area contributed by atoms with Crippen LogP contribution in [0.25, 0.3) is 0 Å². The SMILES string of the molecule is CCC1([N+](=O)[O-])COP(=O)(O)OC1.NCc1ccco1. The molecule has 0 atom stereocenters. The molecule has 1 saturated heterocycles. The maximum absolute atomic E-state index is 10.7. The molecule has 1 fully saturated rings. The largest absolute Gasteiger partial charge is 0.472 e. The van der Waals surface area contributed by atoms with E-state index in [9.17, 15) is 14.7 Å². The van der Waals surface area contributed by atoms with Crippen LogP contribution in [0.1, 0.15) is 19.1 Å². The predicted molar refractivity (Wildman–Crippen MR) is 68.3 cm³/mol. The van der Waals surface area contributed by atoms with Crippen molar-refractivity contribution in [1.82, 2.24) is 0 Å². The summed E-state index contributed by atoms with van der Waals surface area (Å²) < 4.78 is 24.4. The number of furan rings is 1. The lowest BCUT2D eigenvalue weighted by Gasteiger charge is -2.29. The molecule has 0 aromatic carbocycles. The molecule has 0 unspecified atom stereocenters. The standard InChI is InChI=1S/C5H10NO6P.C5H7NO/c1-2-5(6(7)8)3-11-13(9,10)12-4-5;6-4-5-2-1-3-7-5/h2-4H2,1H3,(H,9,10);1-3H,4,6H2. The van der Waals surface area contributed by atoms with Crippen LogP contribution in [-0.2, 0) is 20.2 Å². The molecule has 0 amide bonds. The highest BCUT2D eigenvalue weighted by atomic mass is 31.2. The predicted octanol–water partition coefficient (Wildman–Crippen LogP) is 1.30. The van der Waals surface area contributed by atoms with E-state index >= 15 is 0 Å². The molecule has 0 bridgehead atoms. The Balaban J connectivity index is 0.000000240. The maximum atomic E-state index is 10.7. The zero-order valence-electron chi connectivity index (χ0n) is 10.9. The molecule has 2 heterocycles. The van der Waals surface area contributed by atoms with Crippen LogP contribution in [0.15, 0.2) is 22.8 Å². The van der Waals surface area contributed by atoms with Crippen molar-refractivity contribution in [3.63, 3.8) is 0 Å². The van der Waals surface area contributed by atoms with Crippen molar-refractivity contribution in [1.29, 1.82) is 0 Å². The third kappa shape index (κ3) is 4.39. The van der Waals surface area contributed by atoms with Gasteiger partial charge < -0.3 is 15.0 Å². The Morgan fingerprint density at radius 3 is 2.45 bits per heavy atom. The van der Waals surface area contributed by atoms with Gasteiger partial charge >= 0.3 is 7.82 Å². The van der Waals surface area contributed by atoms with E-state index in [1.165, 1.54) is 0 Å². The number of rotatable bonds is 3. The average molecular weight is 308 g/mol. The number of nitrogens with two attached hydrogens (primary N) is 1. The van der Waals surface area contributed by atoms with Gasteiger partial charge in [0.1, 0.15) is 19.0 Å². The van der Waals surface area contributed by atoms with Gasteiger partial charge in [0, 0.05) is 11.3 Å². The van der Waals surface area contributed by atoms with Gasteiger partial charge in [0.15, 0.2) is 0 Å². The first kappa shape index (κ1) is 16.8. The summed E-state index contributed by atoms with van der Waals surface area (Å²) in [6.45, 7) is 1.32. The summed E-state index contributed by atoms with van der Waals surface area (Å²) in [7, 11) is -4.02. The first-order chi connectivity index (χ1) is 9.35. The van der Waals surface area contributed by atoms with Gasteiger partial charge in [0.2, 0.25) is 0 Å². The molecule has 114 valence electrons. The molecule has 0 radical (unpaired) electrons. The quantitative estimate of drug-likeness (QED) is 0.484. The Kier molecular flexibility index (Phi) is 5.85. The third-order valence-corrected chi connectivity index (χ3v) is 3.73. The average Bonchev–Trinajstić information content (AvgIpc) is 2.93. The van der Waals surface area contributed by atoms with E-state index in [0.717, 1.165) is 5.76 Å². The fraction of sp³-hybridized carbons (Fsp3) is 0.600. The van der Waals surface area contributed by atoms with Crippen molar-refractivity contribution in [2.45, 2.75) is 25.4 Å². The molecular weight excluding hydrogens is 291 g/mol. The number of hydrogen-bond donors (Lipinski definition) is 2. The van der Waals surface area contributed by atoms with Crippen LogP contribution >= 0.6 is 7.82 Å². The monoisotopic (exact) mass is 308 g/mol. The van der Waals surface area contributed by atoms with Crippen LogP contribution in [0, 0.1) is 10.1 Å². The normalized spacial score (nSPS) is 29.4. The zero-order valence-corrected chi connectivity index (χ0v) is 11.8. The van der Waals surface area contributed by atoms with Crippen LogP contribution in [0.5, 0.6) is 0 Å². The molecule has 9 nitrogen and oxygen atoms in total. The molecule has 1 aliphatic heterocycles. The second-order valence-electron chi connectivity index (χ2n) is 4.13. The third-order valence-electron chi connectivity index (χ3n) is 2.82. The van der Waals surface area contributed by atoms with Crippen LogP contribution in [0.3, 0.4) is 0 Å². The summed E-state index contributed by atoms with van der Waals surface area (Å²) in [5, 5.41) is 10.6. The van der Waals surface area contributed by atoms with Gasteiger partial charge in [0.25, 0.3) is 5.54 Å². The minimum Gasteiger partial charge on any atom is -0.468 e. The molecule has 1 aromatic heterocycles. The summed E-state index contributed by atoms with van der Waals surface area (Å²) in [5.41, 5.74) is 3.82. The van der Waals surface area contributed by atoms with Crippen molar-refractivity contribution >= 4 is 7.82 Å². The highest BCUT2D eigenvalue weighted by molar-refractivity contribution is 7.47. The summed E-state index contributed by atoms with van der Waals surface area (Å²) in [6, 6.07) is 3.67. The molecule has 10 heteroatoms. The van der Waals surface area contributed by atoms with E-state index in [2.05, 4.69) is 9.05 Å². The van der Waals surface area contributed by atoms with Gasteiger partial charge in [-0.25, -0.2) is 4.57 Å². The molecule has 2 rings (SSSR count). The summed E-state index contributed by atoms with van der Waals surface area (Å²) >= 11 is 0. The van der Waals surface area contributed by atoms with Crippen molar-refractivity contribution in [3.05, 3.63) is 34.3 Å². The molecule has 1 aliphatic rings. The van der Waals surface area contributed by atoms with Crippen molar-refractivity contribution in [3.8, 4) is 0 Å². The Morgan fingerprint density at radius 2 is 2.15 bits per heavy atom. The minimum absolute atomic E-state index is 0.194. The zero-order chi connectivity index (χ0) is 15.2. The van der Waals surface area contributed by atoms with E-state index in [1.54, 1.807) is 13.2 Å². The van der Waals surface area contributed by atoms with Gasteiger partial charge in [0.05, 0.1) is 12.8 Å². The maximum Gasteiger partial charge on any atom is 0.472 e. The lowest BCUT2D eigenvalue weighted by atomic mass is 10.0. The number of phosphoric acid groups is 1. The number of phosphoric ester groups is 1. The molecule has 0 spiro atoms. The molecule has 3 N–H and O–H groups in total. The van der Waals surface area contributed by atoms with Crippen molar-refractivity contribution in [2.24, 2.45) is 5.73 Å². The lowest BCUT2D eigenvalue weighted by Crippen LogP contribution is -2.48. The van der Waals surface area contributed by atoms with E-state index in [-0.39, 0.29) is 19.6 Å². The van der Waals surface area contributed by atoms with E-state index in [4.69, 9.17) is 15.0 Å². The van der Waals surface area contributed by atoms with Gasteiger partial charge in [-0.05, 0) is 12.1 Å². The van der Waals surface area contributed by atoms with Gasteiger partial charge in [-0.3, -0.25) is 19.2 Å². The van der Waals surface area contributed by atoms with E-state index in [0.29, 0.717) is 6.54 Å². The Morgan fingerprint density at radius 1 is 1.55 bits per heavy atom. The van der Waals surface area contributed by atoms with Crippen LogP contribution in [-0.4, -0.2) is 28.6 Å². The molecule has 1 aromatic rings. The van der Waals surface area contributed by atoms with Gasteiger partial charge in [-0.15, -0.1) is 0 Å². The van der Waals surface area contributed by atoms with Crippen LogP contribution in [0.2, 0.25) is 0 Å². The summed E-state index contributed by atoms with van der Waals surface area (Å²) in [4.78, 5) is 18.8. The van der Waals surface area contributed by atoms with Crippen molar-refractivity contribution in [2.75, 3.05) is 13.2 Å². The summed E-state index contributed by atoms with van der Waals surface area (Å²) in [5.74, 6) is 0.833. The van der Waals surface area contributed by atoms with Crippen LogP contribution < -0.4 is 5.73 Å². The van der Waals surface area contributed by atoms with E-state index in [1.807, 2.05) is 12.1 Å². The topological polar surface area (TPSA) is 138 Å².